The maximum atomic E-state index is 12.7. The molecule has 0 aliphatic carbocycles. The molecule has 0 amide bonds. The third-order valence-corrected chi connectivity index (χ3v) is 2.17. The van der Waals surface area contributed by atoms with E-state index in [4.69, 9.17) is 0 Å². The second kappa shape index (κ2) is 5.06. The van der Waals surface area contributed by atoms with Gasteiger partial charge in [-0.3, -0.25) is 4.79 Å². The topological polar surface area (TPSA) is 63.6 Å². The molecular weight excluding hydrogens is 291 g/mol. The first kappa shape index (κ1) is 15.9. The first-order chi connectivity index (χ1) is 8.98. The summed E-state index contributed by atoms with van der Waals surface area (Å²) in [6.45, 7) is 0.911. The molecule has 0 aromatic heterocycles. The summed E-state index contributed by atoms with van der Waals surface area (Å²) in [5, 5.41) is 9.32. The summed E-state index contributed by atoms with van der Waals surface area (Å²) in [7, 11) is 0. The molecule has 0 aliphatic heterocycles. The first-order valence-corrected chi connectivity index (χ1v) is 4.98. The number of ether oxygens (including phenoxy) is 1. The highest BCUT2D eigenvalue weighted by molar-refractivity contribution is 6.00. The van der Waals surface area contributed by atoms with Gasteiger partial charge in [0.15, 0.2) is 5.78 Å². The summed E-state index contributed by atoms with van der Waals surface area (Å²) in [5.41, 5.74) is -0.668. The van der Waals surface area contributed by atoms with Gasteiger partial charge < -0.3 is 9.84 Å². The number of hydrogen-bond donors (Lipinski definition) is 1. The number of carbonyl (C=O) groups excluding carboxylic acids is 2. The largest absolute Gasteiger partial charge is 0.507 e. The van der Waals surface area contributed by atoms with Crippen LogP contribution in [0.5, 0.6) is 11.5 Å². The smallest absolute Gasteiger partial charge is 0.465 e. The first-order valence-electron chi connectivity index (χ1n) is 4.98. The van der Waals surface area contributed by atoms with Gasteiger partial charge in [0, 0.05) is 0 Å². The van der Waals surface area contributed by atoms with Crippen molar-refractivity contribution in [2.24, 2.45) is 0 Å². The summed E-state index contributed by atoms with van der Waals surface area (Å²) in [6.07, 6.45) is -6.13. The van der Waals surface area contributed by atoms with E-state index in [0.717, 1.165) is 25.1 Å². The molecule has 1 aromatic rings. The maximum absolute atomic E-state index is 12.7. The van der Waals surface area contributed by atoms with E-state index in [1.165, 1.54) is 0 Å². The number of rotatable bonds is 3. The van der Waals surface area contributed by atoms with Gasteiger partial charge in [0.2, 0.25) is 0 Å². The van der Waals surface area contributed by atoms with Crippen LogP contribution in [0.15, 0.2) is 18.2 Å². The number of phenolic OH excluding ortho intramolecular Hbond substituents is 1. The molecule has 20 heavy (non-hydrogen) atoms. The lowest BCUT2D eigenvalue weighted by molar-refractivity contribution is -0.276. The molecule has 9 heteroatoms. The highest BCUT2D eigenvalue weighted by Crippen LogP contribution is 2.37. The number of aromatic hydroxyl groups is 1. The minimum atomic E-state index is -6.13. The van der Waals surface area contributed by atoms with Crippen molar-refractivity contribution in [2.75, 3.05) is 0 Å². The van der Waals surface area contributed by atoms with Crippen molar-refractivity contribution < 1.29 is 41.4 Å². The Labute approximate surface area is 108 Å². The predicted octanol–water partition coefficient (Wildman–Crippen LogP) is 2.70. The van der Waals surface area contributed by atoms with Gasteiger partial charge in [0.05, 0.1) is 0 Å². The van der Waals surface area contributed by atoms with Crippen molar-refractivity contribution in [1.29, 1.82) is 0 Å². The molecule has 0 spiro atoms. The van der Waals surface area contributed by atoms with E-state index >= 15 is 0 Å². The molecule has 0 heterocycles. The maximum Gasteiger partial charge on any atom is 0.465 e. The molecule has 110 valence electrons. The second-order valence-corrected chi connectivity index (χ2v) is 3.67. The molecule has 1 rings (SSSR count). The van der Waals surface area contributed by atoms with Gasteiger partial charge in [-0.1, -0.05) is 6.07 Å². The van der Waals surface area contributed by atoms with E-state index in [9.17, 15) is 36.6 Å². The van der Waals surface area contributed by atoms with Gasteiger partial charge in [-0.15, -0.1) is 0 Å². The normalized spacial score (nSPS) is 12.1. The zero-order chi connectivity index (χ0) is 15.7. The quantitative estimate of drug-likeness (QED) is 0.403. The van der Waals surface area contributed by atoms with Crippen LogP contribution in [0, 0.1) is 0 Å². The Hall–Kier alpha value is -2.19. The van der Waals surface area contributed by atoms with Crippen LogP contribution in [0.1, 0.15) is 17.3 Å². The molecule has 0 bridgehead atoms. The number of alkyl halides is 5. The van der Waals surface area contributed by atoms with Crippen LogP contribution in [0.3, 0.4) is 0 Å². The Morgan fingerprint density at radius 2 is 1.70 bits per heavy atom. The van der Waals surface area contributed by atoms with Gasteiger partial charge in [-0.25, -0.2) is 4.79 Å². The molecule has 0 aliphatic rings. The van der Waals surface area contributed by atoms with Crippen LogP contribution in [0.2, 0.25) is 0 Å². The number of phenols is 1. The summed E-state index contributed by atoms with van der Waals surface area (Å²) in [5.74, 6) is -11.1. The number of Topliss-reactive ketones (excluding diaryl/α,β-unsaturated/α-hetero) is 1. The molecule has 0 unspecified atom stereocenters. The molecule has 0 atom stereocenters. The van der Waals surface area contributed by atoms with Crippen LogP contribution >= 0.6 is 0 Å². The van der Waals surface area contributed by atoms with Crippen molar-refractivity contribution in [1.82, 2.24) is 0 Å². The predicted molar refractivity (Wildman–Crippen MR) is 54.7 cm³/mol. The molecule has 1 aromatic carbocycles. The third kappa shape index (κ3) is 2.86. The Balaban J connectivity index is 3.16. The van der Waals surface area contributed by atoms with Crippen LogP contribution in [0.4, 0.5) is 22.0 Å². The minimum absolute atomic E-state index is 0.668. The van der Waals surface area contributed by atoms with Crippen molar-refractivity contribution in [3.63, 3.8) is 0 Å². The van der Waals surface area contributed by atoms with E-state index < -0.39 is 40.9 Å². The number of hydrogen-bond acceptors (Lipinski definition) is 4. The Bertz CT molecular complexity index is 550. The molecular formula is C11H7F5O4. The number of carbonyl (C=O) groups is 2. The van der Waals surface area contributed by atoms with E-state index in [1.807, 2.05) is 0 Å². The highest BCUT2D eigenvalue weighted by atomic mass is 19.4. The number of benzene rings is 1. The van der Waals surface area contributed by atoms with Gasteiger partial charge in [0.1, 0.15) is 17.1 Å². The van der Waals surface area contributed by atoms with Crippen LogP contribution in [-0.4, -0.2) is 29.0 Å². The summed E-state index contributed by atoms with van der Waals surface area (Å²) in [6, 6.07) is 2.80. The van der Waals surface area contributed by atoms with Gasteiger partial charge in [-0.2, -0.15) is 22.0 Å². The summed E-state index contributed by atoms with van der Waals surface area (Å²) in [4.78, 5) is 22.0. The van der Waals surface area contributed by atoms with Crippen LogP contribution < -0.4 is 4.74 Å². The fourth-order valence-electron chi connectivity index (χ4n) is 1.24. The number of ketones is 1. The molecule has 0 fully saturated rings. The monoisotopic (exact) mass is 298 g/mol. The molecule has 0 radical (unpaired) electrons. The minimum Gasteiger partial charge on any atom is -0.507 e. The highest BCUT2D eigenvalue weighted by Gasteiger charge is 2.65. The molecule has 1 N–H and O–H groups in total. The fraction of sp³-hybridized carbons (Fsp3) is 0.273. The lowest BCUT2D eigenvalue weighted by atomic mass is 10.1. The molecule has 0 saturated carbocycles. The van der Waals surface area contributed by atoms with Gasteiger partial charge in [0.25, 0.3) is 0 Å². The Morgan fingerprint density at radius 1 is 1.15 bits per heavy atom. The van der Waals surface area contributed by atoms with Crippen LogP contribution in [0.25, 0.3) is 0 Å². The third-order valence-electron chi connectivity index (χ3n) is 2.17. The zero-order valence-corrected chi connectivity index (χ0v) is 9.79. The summed E-state index contributed by atoms with van der Waals surface area (Å²) >= 11 is 0. The standard InChI is InChI=1S/C11H7F5O4/c1-5(17)8-6(18)3-2-4-7(8)20-9(19)10(12,13)11(14,15)16/h2-4,18H,1H3. The van der Waals surface area contributed by atoms with E-state index in [-0.39, 0.29) is 0 Å². The SMILES string of the molecule is CC(=O)c1c(O)cccc1OC(=O)C(F)(F)C(F)(F)F. The van der Waals surface area contributed by atoms with Crippen molar-refractivity contribution in [3.05, 3.63) is 23.8 Å². The molecule has 0 saturated heterocycles. The number of esters is 1. The lowest BCUT2D eigenvalue weighted by Gasteiger charge is -2.18. The van der Waals surface area contributed by atoms with E-state index in [0.29, 0.717) is 0 Å². The van der Waals surface area contributed by atoms with E-state index in [1.54, 1.807) is 0 Å². The van der Waals surface area contributed by atoms with Crippen LogP contribution in [-0.2, 0) is 4.79 Å². The Morgan fingerprint density at radius 3 is 2.15 bits per heavy atom. The molecule has 4 nitrogen and oxygen atoms in total. The number of halogens is 5. The average Bonchev–Trinajstić information content (AvgIpc) is 2.26. The summed E-state index contributed by atoms with van der Waals surface area (Å²) < 4.78 is 65.2. The zero-order valence-electron chi connectivity index (χ0n) is 9.79. The lowest BCUT2D eigenvalue weighted by Crippen LogP contribution is -2.46. The van der Waals surface area contributed by atoms with E-state index in [2.05, 4.69) is 4.74 Å². The second-order valence-electron chi connectivity index (χ2n) is 3.67. The van der Waals surface area contributed by atoms with Crippen molar-refractivity contribution >= 4 is 11.8 Å². The van der Waals surface area contributed by atoms with Gasteiger partial charge >= 0.3 is 18.1 Å². The Kier molecular flexibility index (Phi) is 4.02. The fourth-order valence-corrected chi connectivity index (χ4v) is 1.24. The van der Waals surface area contributed by atoms with Gasteiger partial charge in [-0.05, 0) is 19.1 Å². The van der Waals surface area contributed by atoms with Crippen molar-refractivity contribution in [3.8, 4) is 11.5 Å². The van der Waals surface area contributed by atoms with Crippen molar-refractivity contribution in [2.45, 2.75) is 19.0 Å². The average molecular weight is 298 g/mol.